The fraction of sp³-hybridized carbons (Fsp3) is 0.625. The second-order valence-corrected chi connectivity index (χ2v) is 5.62. The molecule has 0 saturated carbocycles. The first-order valence-corrected chi connectivity index (χ1v) is 7.60. The molecule has 0 aromatic heterocycles. The molecule has 19 heavy (non-hydrogen) atoms. The van der Waals surface area contributed by atoms with E-state index in [1.165, 1.54) is 5.56 Å². The van der Waals surface area contributed by atoms with Gasteiger partial charge in [0, 0.05) is 5.02 Å². The molecule has 0 amide bonds. The quantitative estimate of drug-likeness (QED) is 0.685. The van der Waals surface area contributed by atoms with Gasteiger partial charge in [-0.25, -0.2) is 0 Å². The van der Waals surface area contributed by atoms with Crippen LogP contribution in [0.4, 0.5) is 0 Å². The SMILES string of the molecule is CCCOc1cc(C)c(Cl)cc1CCC1OC1CC. The van der Waals surface area contributed by atoms with Crippen molar-refractivity contribution in [3.63, 3.8) is 0 Å². The highest BCUT2D eigenvalue weighted by Crippen LogP contribution is 2.33. The molecule has 1 aliphatic rings. The predicted molar refractivity (Wildman–Crippen MR) is 79.2 cm³/mol. The summed E-state index contributed by atoms with van der Waals surface area (Å²) in [5.41, 5.74) is 2.28. The lowest BCUT2D eigenvalue weighted by molar-refractivity contribution is 0.312. The van der Waals surface area contributed by atoms with E-state index in [1.54, 1.807) is 0 Å². The first kappa shape index (κ1) is 14.7. The molecular formula is C16H23ClO2. The highest BCUT2D eigenvalue weighted by Gasteiger charge is 2.36. The Hall–Kier alpha value is -0.730. The summed E-state index contributed by atoms with van der Waals surface area (Å²) in [6.45, 7) is 7.06. The number of rotatable bonds is 7. The summed E-state index contributed by atoms with van der Waals surface area (Å²) < 4.78 is 11.4. The van der Waals surface area contributed by atoms with Crippen molar-refractivity contribution in [1.82, 2.24) is 0 Å². The smallest absolute Gasteiger partial charge is 0.122 e. The molecule has 0 bridgehead atoms. The Morgan fingerprint density at radius 1 is 1.26 bits per heavy atom. The number of benzene rings is 1. The van der Waals surface area contributed by atoms with Crippen molar-refractivity contribution in [2.45, 2.75) is 58.7 Å². The van der Waals surface area contributed by atoms with Crippen LogP contribution in [0.25, 0.3) is 0 Å². The Bertz CT molecular complexity index is 431. The lowest BCUT2D eigenvalue weighted by Gasteiger charge is -2.13. The van der Waals surface area contributed by atoms with Gasteiger partial charge >= 0.3 is 0 Å². The first-order valence-electron chi connectivity index (χ1n) is 7.23. The summed E-state index contributed by atoms with van der Waals surface area (Å²) in [7, 11) is 0. The summed E-state index contributed by atoms with van der Waals surface area (Å²) >= 11 is 6.22. The van der Waals surface area contributed by atoms with Gasteiger partial charge in [-0.05, 0) is 55.9 Å². The Morgan fingerprint density at radius 3 is 2.68 bits per heavy atom. The van der Waals surface area contributed by atoms with Crippen molar-refractivity contribution < 1.29 is 9.47 Å². The number of hydrogen-bond donors (Lipinski definition) is 0. The summed E-state index contributed by atoms with van der Waals surface area (Å²) in [5.74, 6) is 0.984. The molecule has 1 aromatic rings. The van der Waals surface area contributed by atoms with Gasteiger partial charge in [0.25, 0.3) is 0 Å². The second kappa shape index (κ2) is 6.62. The zero-order valence-electron chi connectivity index (χ0n) is 12.0. The molecular weight excluding hydrogens is 260 g/mol. The van der Waals surface area contributed by atoms with Crippen LogP contribution in [-0.2, 0) is 11.2 Å². The molecule has 1 fully saturated rings. The number of ether oxygens (including phenoxy) is 2. The van der Waals surface area contributed by atoms with Gasteiger partial charge < -0.3 is 9.47 Å². The van der Waals surface area contributed by atoms with E-state index in [9.17, 15) is 0 Å². The molecule has 0 spiro atoms. The van der Waals surface area contributed by atoms with Crippen LogP contribution in [0.1, 0.15) is 44.2 Å². The average Bonchev–Trinajstić information content (AvgIpc) is 3.16. The van der Waals surface area contributed by atoms with Crippen molar-refractivity contribution in [1.29, 1.82) is 0 Å². The molecule has 106 valence electrons. The summed E-state index contributed by atoms with van der Waals surface area (Å²) in [5, 5.41) is 0.822. The lowest BCUT2D eigenvalue weighted by atomic mass is 10.0. The van der Waals surface area contributed by atoms with Crippen LogP contribution < -0.4 is 4.74 Å². The van der Waals surface area contributed by atoms with Gasteiger partial charge in [0.2, 0.25) is 0 Å². The van der Waals surface area contributed by atoms with Crippen LogP contribution in [0.3, 0.4) is 0 Å². The maximum atomic E-state index is 6.22. The van der Waals surface area contributed by atoms with Crippen molar-refractivity contribution in [2.75, 3.05) is 6.61 Å². The fourth-order valence-electron chi connectivity index (χ4n) is 2.33. The molecule has 1 saturated heterocycles. The standard InChI is InChI=1S/C16H23ClO2/c1-4-8-18-16-9-11(3)13(17)10-12(16)6-7-15-14(5-2)19-15/h9-10,14-15H,4-8H2,1-3H3. The van der Waals surface area contributed by atoms with E-state index < -0.39 is 0 Å². The normalized spacial score (nSPS) is 21.5. The molecule has 2 unspecified atom stereocenters. The molecule has 2 nitrogen and oxygen atoms in total. The minimum absolute atomic E-state index is 0.434. The second-order valence-electron chi connectivity index (χ2n) is 5.22. The van der Waals surface area contributed by atoms with E-state index in [0.717, 1.165) is 48.6 Å². The van der Waals surface area contributed by atoms with Crippen LogP contribution in [0.5, 0.6) is 5.75 Å². The highest BCUT2D eigenvalue weighted by molar-refractivity contribution is 6.31. The molecule has 2 rings (SSSR count). The molecule has 3 heteroatoms. The van der Waals surface area contributed by atoms with Gasteiger partial charge in [-0.15, -0.1) is 0 Å². The average molecular weight is 283 g/mol. The summed E-state index contributed by atoms with van der Waals surface area (Å²) in [6.07, 6.45) is 5.06. The largest absolute Gasteiger partial charge is 0.493 e. The van der Waals surface area contributed by atoms with Gasteiger partial charge in [-0.3, -0.25) is 0 Å². The minimum atomic E-state index is 0.434. The van der Waals surface area contributed by atoms with Crippen LogP contribution in [-0.4, -0.2) is 18.8 Å². The summed E-state index contributed by atoms with van der Waals surface area (Å²) in [6, 6.07) is 4.10. The minimum Gasteiger partial charge on any atom is -0.493 e. The Balaban J connectivity index is 2.02. The van der Waals surface area contributed by atoms with Gasteiger partial charge in [0.15, 0.2) is 0 Å². The summed E-state index contributed by atoms with van der Waals surface area (Å²) in [4.78, 5) is 0. The van der Waals surface area contributed by atoms with Crippen LogP contribution >= 0.6 is 11.6 Å². The van der Waals surface area contributed by atoms with Crippen LogP contribution in [0.2, 0.25) is 5.02 Å². The fourth-order valence-corrected chi connectivity index (χ4v) is 2.51. The molecule has 1 aromatic carbocycles. The third-order valence-electron chi connectivity index (χ3n) is 3.59. The first-order chi connectivity index (χ1) is 9.15. The number of epoxide rings is 1. The number of aryl methyl sites for hydroxylation is 2. The monoisotopic (exact) mass is 282 g/mol. The Kier molecular flexibility index (Phi) is 5.12. The Labute approximate surface area is 121 Å². The van der Waals surface area contributed by atoms with Gasteiger partial charge in [-0.1, -0.05) is 25.4 Å². The molecule has 0 N–H and O–H groups in total. The topological polar surface area (TPSA) is 21.8 Å². The third kappa shape index (κ3) is 3.87. The van der Waals surface area contributed by atoms with Crippen LogP contribution in [0.15, 0.2) is 12.1 Å². The molecule has 1 aliphatic heterocycles. The Morgan fingerprint density at radius 2 is 2.05 bits per heavy atom. The maximum Gasteiger partial charge on any atom is 0.122 e. The van der Waals surface area contributed by atoms with Crippen molar-refractivity contribution in [3.05, 3.63) is 28.3 Å². The highest BCUT2D eigenvalue weighted by atomic mass is 35.5. The zero-order chi connectivity index (χ0) is 13.8. The van der Waals surface area contributed by atoms with E-state index in [4.69, 9.17) is 21.1 Å². The van der Waals surface area contributed by atoms with E-state index in [2.05, 4.69) is 19.9 Å². The van der Waals surface area contributed by atoms with Crippen molar-refractivity contribution in [2.24, 2.45) is 0 Å². The van der Waals surface area contributed by atoms with E-state index in [-0.39, 0.29) is 0 Å². The van der Waals surface area contributed by atoms with Crippen molar-refractivity contribution >= 4 is 11.6 Å². The maximum absolute atomic E-state index is 6.22. The zero-order valence-corrected chi connectivity index (χ0v) is 12.8. The molecule has 0 radical (unpaired) electrons. The number of hydrogen-bond acceptors (Lipinski definition) is 2. The lowest BCUT2D eigenvalue weighted by Crippen LogP contribution is -2.02. The third-order valence-corrected chi connectivity index (χ3v) is 4.00. The van der Waals surface area contributed by atoms with E-state index >= 15 is 0 Å². The number of halogens is 1. The predicted octanol–water partition coefficient (Wildman–Crippen LogP) is 4.55. The van der Waals surface area contributed by atoms with E-state index in [1.807, 2.05) is 13.0 Å². The van der Waals surface area contributed by atoms with Crippen LogP contribution in [0, 0.1) is 6.92 Å². The van der Waals surface area contributed by atoms with Crippen molar-refractivity contribution in [3.8, 4) is 5.75 Å². The van der Waals surface area contributed by atoms with Gasteiger partial charge in [0.1, 0.15) is 5.75 Å². The van der Waals surface area contributed by atoms with Gasteiger partial charge in [0.05, 0.1) is 18.8 Å². The van der Waals surface area contributed by atoms with Gasteiger partial charge in [-0.2, -0.15) is 0 Å². The molecule has 0 aliphatic carbocycles. The van der Waals surface area contributed by atoms with E-state index in [0.29, 0.717) is 12.2 Å². The molecule has 2 atom stereocenters. The molecule has 1 heterocycles.